The molecule has 0 radical (unpaired) electrons. The smallest absolute Gasteiger partial charge is 0.141 e. The number of hydrogen-bond donors (Lipinski definition) is 3. The normalized spacial score (nSPS) is 13.6. The van der Waals surface area contributed by atoms with Gasteiger partial charge in [-0.3, -0.25) is 0 Å². The maximum Gasteiger partial charge on any atom is 0.150 e. The van der Waals surface area contributed by atoms with Gasteiger partial charge in [-0.2, -0.15) is 0 Å². The summed E-state index contributed by atoms with van der Waals surface area (Å²) < 4.78 is 0. The molecule has 0 atom stereocenters. The summed E-state index contributed by atoms with van der Waals surface area (Å²) in [7, 11) is 1.77. The third kappa shape index (κ3) is 1.90. The Morgan fingerprint density at radius 2 is 1.64 bits per heavy atom. The summed E-state index contributed by atoms with van der Waals surface area (Å²) in [6, 6.07) is 0. The van der Waals surface area contributed by atoms with Crippen LogP contribution in [0.4, 0.5) is 0 Å². The third-order valence-corrected chi connectivity index (χ3v) is 2.79. The Balaban J connectivity index is 4.47. The van der Waals surface area contributed by atoms with Crippen LogP contribution in [0.15, 0.2) is 0 Å². The van der Waals surface area contributed by atoms with Crippen molar-refractivity contribution < 1.29 is 4.81 Å². The fourth-order valence-corrected chi connectivity index (χ4v) is 1.04. The van der Waals surface area contributed by atoms with Gasteiger partial charge in [0.15, 0.2) is 5.54 Å². The Kier molecular flexibility index (Phi) is 3.44. The molecule has 0 spiro atoms. The fraction of sp³-hybridized carbons (Fsp3) is 1.00. The lowest BCUT2D eigenvalue weighted by Gasteiger charge is -2.40. The maximum absolute atomic E-state index is 5.82. The van der Waals surface area contributed by atoms with Crippen molar-refractivity contribution in [3.63, 3.8) is 0 Å². The van der Waals surface area contributed by atoms with Crippen LogP contribution in [0, 0.1) is 0 Å². The second-order valence-electron chi connectivity index (χ2n) is 3.20. The highest BCUT2D eigenvalue weighted by Crippen LogP contribution is 2.21. The molecular weight excluding hydrogens is 140 g/mol. The monoisotopic (exact) mass is 161 g/mol. The summed E-state index contributed by atoms with van der Waals surface area (Å²) in [4.78, 5) is -0.111. The van der Waals surface area contributed by atoms with Crippen LogP contribution in [0.1, 0.15) is 33.6 Å². The molecule has 0 rings (SSSR count). The van der Waals surface area contributed by atoms with Crippen LogP contribution in [-0.2, 0) is 0 Å². The van der Waals surface area contributed by atoms with Crippen molar-refractivity contribution in [2.24, 2.45) is 11.7 Å². The second kappa shape index (κ2) is 3.49. The van der Waals surface area contributed by atoms with E-state index in [1.165, 1.54) is 0 Å². The zero-order valence-corrected chi connectivity index (χ0v) is 8.02. The first kappa shape index (κ1) is 10.8. The van der Waals surface area contributed by atoms with E-state index in [4.69, 9.17) is 11.7 Å². The van der Waals surface area contributed by atoms with Crippen LogP contribution in [0.5, 0.6) is 0 Å². The molecular formula is C7H21N4+. The van der Waals surface area contributed by atoms with Gasteiger partial charge in [0.25, 0.3) is 0 Å². The SMILES string of the molecule is CCC(C)(CC)[N+](N)(N)NC. The molecule has 0 aliphatic heterocycles. The number of quaternary nitrogens is 1. The number of nitrogens with zero attached hydrogens (tertiary/aromatic N) is 1. The highest BCUT2D eigenvalue weighted by molar-refractivity contribution is 4.68. The first-order valence-corrected chi connectivity index (χ1v) is 4.08. The van der Waals surface area contributed by atoms with Crippen molar-refractivity contribution in [3.8, 4) is 0 Å². The standard InChI is InChI=1S/C7H21N4/c1-5-7(3,6-2)11(8,9)10-4/h10H,5-6,8-9H2,1-4H3/q+1. The van der Waals surface area contributed by atoms with Crippen LogP contribution >= 0.6 is 0 Å². The highest BCUT2D eigenvalue weighted by Gasteiger charge is 2.40. The highest BCUT2D eigenvalue weighted by atomic mass is 16.0. The first-order valence-electron chi connectivity index (χ1n) is 4.08. The van der Waals surface area contributed by atoms with Crippen LogP contribution in [0.25, 0.3) is 0 Å². The van der Waals surface area contributed by atoms with Gasteiger partial charge in [0.2, 0.25) is 0 Å². The van der Waals surface area contributed by atoms with Gasteiger partial charge in [-0.25, -0.2) is 0 Å². The predicted molar refractivity (Wildman–Crippen MR) is 46.7 cm³/mol. The maximum atomic E-state index is 5.82. The molecule has 11 heavy (non-hydrogen) atoms. The molecule has 0 aromatic carbocycles. The van der Waals surface area contributed by atoms with Crippen molar-refractivity contribution in [1.82, 2.24) is 5.43 Å². The minimum atomic E-state index is -0.111. The zero-order valence-electron chi connectivity index (χ0n) is 8.02. The fourth-order valence-electron chi connectivity index (χ4n) is 1.04. The van der Waals surface area contributed by atoms with Crippen LogP contribution in [0.2, 0.25) is 0 Å². The van der Waals surface area contributed by atoms with Crippen molar-refractivity contribution >= 4 is 0 Å². The van der Waals surface area contributed by atoms with Gasteiger partial charge < -0.3 is 0 Å². The van der Waals surface area contributed by atoms with Crippen molar-refractivity contribution in [3.05, 3.63) is 0 Å². The molecule has 0 heterocycles. The molecule has 0 bridgehead atoms. The van der Waals surface area contributed by atoms with Gasteiger partial charge >= 0.3 is 0 Å². The van der Waals surface area contributed by atoms with Gasteiger partial charge in [-0.05, 0) is 6.92 Å². The Morgan fingerprint density at radius 3 is 1.73 bits per heavy atom. The average molecular weight is 161 g/mol. The Labute approximate surface area is 69.0 Å². The van der Waals surface area contributed by atoms with E-state index < -0.39 is 0 Å². The lowest BCUT2D eigenvalue weighted by molar-refractivity contribution is -1.03. The van der Waals surface area contributed by atoms with Gasteiger partial charge in [0.1, 0.15) is 0 Å². The van der Waals surface area contributed by atoms with E-state index in [9.17, 15) is 0 Å². The lowest BCUT2D eigenvalue weighted by Crippen LogP contribution is -2.77. The first-order chi connectivity index (χ1) is 4.93. The van der Waals surface area contributed by atoms with Crippen LogP contribution in [0.3, 0.4) is 0 Å². The minimum Gasteiger partial charge on any atom is -0.141 e. The summed E-state index contributed by atoms with van der Waals surface area (Å²) >= 11 is 0. The quantitative estimate of drug-likeness (QED) is 0.315. The molecule has 0 fully saturated rings. The number of hydrogen-bond acceptors (Lipinski definition) is 3. The van der Waals surface area contributed by atoms with E-state index >= 15 is 0 Å². The average Bonchev–Trinajstić information content (AvgIpc) is 2.02. The van der Waals surface area contributed by atoms with E-state index in [-0.39, 0.29) is 10.3 Å². The minimum absolute atomic E-state index is 0.0885. The Bertz CT molecular complexity index is 118. The van der Waals surface area contributed by atoms with Gasteiger partial charge in [-0.1, -0.05) is 18.7 Å². The van der Waals surface area contributed by atoms with Gasteiger partial charge in [0.05, 0.1) is 0 Å². The van der Waals surface area contributed by atoms with Crippen LogP contribution < -0.4 is 17.1 Å². The number of nitrogens with two attached hydrogens (primary N) is 2. The predicted octanol–water partition coefficient (Wildman–Crippen LogP) is 0.264. The molecule has 0 aromatic heterocycles. The van der Waals surface area contributed by atoms with E-state index in [0.29, 0.717) is 0 Å². The molecule has 0 unspecified atom stereocenters. The van der Waals surface area contributed by atoms with E-state index in [0.717, 1.165) is 12.8 Å². The van der Waals surface area contributed by atoms with Gasteiger partial charge in [0, 0.05) is 19.9 Å². The second-order valence-corrected chi connectivity index (χ2v) is 3.20. The number of rotatable bonds is 4. The third-order valence-electron chi connectivity index (χ3n) is 2.79. The number of nitrogens with one attached hydrogen (secondary N) is 1. The van der Waals surface area contributed by atoms with Gasteiger partial charge in [-0.15, -0.1) is 17.1 Å². The molecule has 0 aromatic rings. The van der Waals surface area contributed by atoms with Crippen molar-refractivity contribution in [1.29, 1.82) is 0 Å². The largest absolute Gasteiger partial charge is 0.150 e. The summed E-state index contributed by atoms with van der Waals surface area (Å²) in [5.41, 5.74) is 2.79. The molecule has 4 heteroatoms. The van der Waals surface area contributed by atoms with E-state index in [1.54, 1.807) is 7.05 Å². The summed E-state index contributed by atoms with van der Waals surface area (Å²) in [5, 5.41) is 0. The van der Waals surface area contributed by atoms with E-state index in [2.05, 4.69) is 26.2 Å². The van der Waals surface area contributed by atoms with E-state index in [1.807, 2.05) is 0 Å². The molecule has 4 nitrogen and oxygen atoms in total. The van der Waals surface area contributed by atoms with Crippen LogP contribution in [-0.4, -0.2) is 17.4 Å². The summed E-state index contributed by atoms with van der Waals surface area (Å²) in [5.74, 6) is 11.6. The molecule has 0 amide bonds. The summed E-state index contributed by atoms with van der Waals surface area (Å²) in [6.07, 6.45) is 1.91. The molecule has 0 saturated carbocycles. The Hall–Kier alpha value is -0.160. The molecule has 68 valence electrons. The molecule has 0 aliphatic rings. The molecule has 0 aliphatic carbocycles. The van der Waals surface area contributed by atoms with Crippen molar-refractivity contribution in [2.75, 3.05) is 7.05 Å². The molecule has 5 N–H and O–H groups in total. The lowest BCUT2D eigenvalue weighted by atomic mass is 9.95. The topological polar surface area (TPSA) is 64.1 Å². The summed E-state index contributed by atoms with van der Waals surface area (Å²) in [6.45, 7) is 6.25. The van der Waals surface area contributed by atoms with Crippen molar-refractivity contribution in [2.45, 2.75) is 39.2 Å². The molecule has 0 saturated heterocycles. The zero-order chi connectivity index (χ0) is 9.12. The Morgan fingerprint density at radius 1 is 1.27 bits per heavy atom.